The summed E-state index contributed by atoms with van der Waals surface area (Å²) in [7, 11) is 4.36. The Balaban J connectivity index is 4.24. The van der Waals surface area contributed by atoms with Gasteiger partial charge >= 0.3 is 0 Å². The summed E-state index contributed by atoms with van der Waals surface area (Å²) < 4.78 is 14.3. The van der Waals surface area contributed by atoms with Gasteiger partial charge in [0.2, 0.25) is 0 Å². The van der Waals surface area contributed by atoms with Gasteiger partial charge in [-0.2, -0.15) is 5.26 Å². The Labute approximate surface area is 66.0 Å². The highest BCUT2D eigenvalue weighted by Gasteiger charge is 2.11. The number of nitrogens with zero attached hydrogens (tertiary/aromatic N) is 1. The molecule has 0 fully saturated rings. The monoisotopic (exact) mass is 157 g/mol. The maximum atomic E-state index is 8.53. The van der Waals surface area contributed by atoms with Crippen molar-refractivity contribution < 1.29 is 14.2 Å². The molecule has 62 valence electrons. The van der Waals surface area contributed by atoms with Gasteiger partial charge in [0.25, 0.3) is 0 Å². The lowest BCUT2D eigenvalue weighted by atomic mass is 10.3. The highest BCUT2D eigenvalue weighted by atomic mass is 16.7. The smallest absolute Gasteiger partial charge is 0.196 e. The molecule has 11 heavy (non-hydrogen) atoms. The molecule has 0 aliphatic carbocycles. The summed E-state index contributed by atoms with van der Waals surface area (Å²) >= 11 is 0. The van der Waals surface area contributed by atoms with E-state index in [2.05, 4.69) is 4.74 Å². The standard InChI is InChI=1S/C7H11NO3/c1-9-5-6(4-8)7(10-2)11-3/h5,7H,1-3H3. The van der Waals surface area contributed by atoms with E-state index in [4.69, 9.17) is 14.7 Å². The van der Waals surface area contributed by atoms with Crippen LogP contribution in [0.1, 0.15) is 0 Å². The summed E-state index contributed by atoms with van der Waals surface area (Å²) in [5, 5.41) is 8.53. The average molecular weight is 157 g/mol. The fourth-order valence-electron chi connectivity index (χ4n) is 0.612. The molecule has 0 rings (SSSR count). The molecule has 4 nitrogen and oxygen atoms in total. The van der Waals surface area contributed by atoms with Gasteiger partial charge in [0.1, 0.15) is 17.9 Å². The third kappa shape index (κ3) is 3.03. The van der Waals surface area contributed by atoms with Crippen molar-refractivity contribution in [2.45, 2.75) is 6.29 Å². The number of rotatable bonds is 4. The molecule has 0 radical (unpaired) electrons. The second-order valence-electron chi connectivity index (χ2n) is 1.72. The summed E-state index contributed by atoms with van der Waals surface area (Å²) in [6.45, 7) is 0. The predicted molar refractivity (Wildman–Crippen MR) is 38.5 cm³/mol. The lowest BCUT2D eigenvalue weighted by Gasteiger charge is -2.10. The van der Waals surface area contributed by atoms with Crippen LogP contribution in [0.25, 0.3) is 0 Å². The Morgan fingerprint density at radius 3 is 2.18 bits per heavy atom. The second kappa shape index (κ2) is 5.71. The summed E-state index contributed by atoms with van der Waals surface area (Å²) in [6, 6.07) is 1.89. The maximum Gasteiger partial charge on any atom is 0.196 e. The lowest BCUT2D eigenvalue weighted by molar-refractivity contribution is -0.0732. The summed E-state index contributed by atoms with van der Waals surface area (Å²) in [5.41, 5.74) is 0.303. The first-order valence-corrected chi connectivity index (χ1v) is 2.98. The van der Waals surface area contributed by atoms with Gasteiger partial charge in [0.15, 0.2) is 6.29 Å². The molecule has 0 saturated heterocycles. The Kier molecular flexibility index (Phi) is 5.17. The van der Waals surface area contributed by atoms with E-state index in [0.29, 0.717) is 5.57 Å². The highest BCUT2D eigenvalue weighted by molar-refractivity contribution is 5.21. The van der Waals surface area contributed by atoms with E-state index in [-0.39, 0.29) is 0 Å². The van der Waals surface area contributed by atoms with Crippen molar-refractivity contribution in [1.82, 2.24) is 0 Å². The molecule has 0 heterocycles. The van der Waals surface area contributed by atoms with Gasteiger partial charge in [0, 0.05) is 14.2 Å². The van der Waals surface area contributed by atoms with E-state index in [1.807, 2.05) is 6.07 Å². The Hall–Kier alpha value is -1.05. The molecule has 0 spiro atoms. The summed E-state index contributed by atoms with van der Waals surface area (Å²) in [4.78, 5) is 0. The van der Waals surface area contributed by atoms with Crippen molar-refractivity contribution in [2.75, 3.05) is 21.3 Å². The van der Waals surface area contributed by atoms with Gasteiger partial charge < -0.3 is 14.2 Å². The minimum absolute atomic E-state index is 0.303. The van der Waals surface area contributed by atoms with Crippen molar-refractivity contribution in [1.29, 1.82) is 5.26 Å². The number of methoxy groups -OCH3 is 3. The van der Waals surface area contributed by atoms with Crippen LogP contribution in [0.15, 0.2) is 11.8 Å². The van der Waals surface area contributed by atoms with Crippen molar-refractivity contribution in [2.24, 2.45) is 0 Å². The largest absolute Gasteiger partial charge is 0.503 e. The lowest BCUT2D eigenvalue weighted by Crippen LogP contribution is -2.15. The van der Waals surface area contributed by atoms with E-state index >= 15 is 0 Å². The van der Waals surface area contributed by atoms with Gasteiger partial charge in [0.05, 0.1) is 7.11 Å². The van der Waals surface area contributed by atoms with Crippen LogP contribution in [-0.4, -0.2) is 27.6 Å². The van der Waals surface area contributed by atoms with E-state index in [9.17, 15) is 0 Å². The van der Waals surface area contributed by atoms with Gasteiger partial charge in [-0.15, -0.1) is 0 Å². The van der Waals surface area contributed by atoms with Crippen molar-refractivity contribution >= 4 is 0 Å². The number of hydrogen-bond acceptors (Lipinski definition) is 4. The summed E-state index contributed by atoms with van der Waals surface area (Å²) in [5.74, 6) is 0. The quantitative estimate of drug-likeness (QED) is 0.341. The van der Waals surface area contributed by atoms with Gasteiger partial charge in [-0.1, -0.05) is 0 Å². The zero-order valence-electron chi connectivity index (χ0n) is 6.83. The zero-order chi connectivity index (χ0) is 8.69. The van der Waals surface area contributed by atoms with E-state index in [0.717, 1.165) is 0 Å². The van der Waals surface area contributed by atoms with Gasteiger partial charge in [-0.05, 0) is 0 Å². The number of hydrogen-bond donors (Lipinski definition) is 0. The fraction of sp³-hybridized carbons (Fsp3) is 0.571. The number of nitriles is 1. The molecular formula is C7H11NO3. The van der Waals surface area contributed by atoms with Crippen LogP contribution >= 0.6 is 0 Å². The van der Waals surface area contributed by atoms with Crippen molar-refractivity contribution in [3.8, 4) is 6.07 Å². The third-order valence-electron chi connectivity index (χ3n) is 1.06. The molecule has 0 aromatic carbocycles. The Morgan fingerprint density at radius 1 is 1.36 bits per heavy atom. The molecular weight excluding hydrogens is 146 g/mol. The second-order valence-corrected chi connectivity index (χ2v) is 1.72. The predicted octanol–water partition coefficient (Wildman–Crippen LogP) is 0.659. The molecule has 0 unspecified atom stereocenters. The molecule has 0 aliphatic heterocycles. The van der Waals surface area contributed by atoms with Crippen LogP contribution in [0, 0.1) is 11.3 Å². The van der Waals surface area contributed by atoms with Crippen molar-refractivity contribution in [3.05, 3.63) is 11.8 Å². The van der Waals surface area contributed by atoms with Crippen LogP contribution in [0.5, 0.6) is 0 Å². The molecule has 0 aromatic rings. The zero-order valence-corrected chi connectivity index (χ0v) is 6.83. The van der Waals surface area contributed by atoms with Gasteiger partial charge in [-0.3, -0.25) is 0 Å². The van der Waals surface area contributed by atoms with E-state index in [1.54, 1.807) is 0 Å². The summed E-state index contributed by atoms with van der Waals surface area (Å²) in [6.07, 6.45) is 0.650. The first kappa shape index (κ1) is 9.95. The molecule has 0 bridgehead atoms. The van der Waals surface area contributed by atoms with Crippen LogP contribution in [0.3, 0.4) is 0 Å². The van der Waals surface area contributed by atoms with E-state index in [1.165, 1.54) is 27.6 Å². The number of ether oxygens (including phenoxy) is 3. The van der Waals surface area contributed by atoms with Crippen molar-refractivity contribution in [3.63, 3.8) is 0 Å². The molecule has 0 atom stereocenters. The molecule has 0 N–H and O–H groups in total. The molecule has 0 amide bonds. The maximum absolute atomic E-state index is 8.53. The average Bonchev–Trinajstić information content (AvgIpc) is 2.05. The first-order valence-electron chi connectivity index (χ1n) is 2.98. The molecule has 4 heteroatoms. The van der Waals surface area contributed by atoms with E-state index < -0.39 is 6.29 Å². The Morgan fingerprint density at radius 2 is 1.91 bits per heavy atom. The highest BCUT2D eigenvalue weighted by Crippen LogP contribution is 2.04. The third-order valence-corrected chi connectivity index (χ3v) is 1.06. The van der Waals surface area contributed by atoms with Crippen LogP contribution in [0.4, 0.5) is 0 Å². The molecule has 0 aliphatic rings. The normalized spacial score (nSPS) is 11.4. The SMILES string of the molecule is COC=C(C#N)C(OC)OC. The minimum atomic E-state index is -0.639. The topological polar surface area (TPSA) is 51.5 Å². The Bertz CT molecular complexity index is 167. The van der Waals surface area contributed by atoms with Crippen LogP contribution in [-0.2, 0) is 14.2 Å². The minimum Gasteiger partial charge on any atom is -0.503 e. The van der Waals surface area contributed by atoms with Gasteiger partial charge in [-0.25, -0.2) is 0 Å². The first-order chi connectivity index (χ1) is 5.29. The van der Waals surface area contributed by atoms with Crippen LogP contribution < -0.4 is 0 Å². The molecule has 0 saturated carbocycles. The fourth-order valence-corrected chi connectivity index (χ4v) is 0.612. The molecule has 0 aromatic heterocycles. The van der Waals surface area contributed by atoms with Crippen LogP contribution in [0.2, 0.25) is 0 Å².